The predicted octanol–water partition coefficient (Wildman–Crippen LogP) is 2.11. The second-order valence-corrected chi connectivity index (χ2v) is 5.17. The molecule has 1 amide bonds. The Morgan fingerprint density at radius 3 is 2.71 bits per heavy atom. The van der Waals surface area contributed by atoms with Crippen LogP contribution in [0.5, 0.6) is 0 Å². The first kappa shape index (κ1) is 13.8. The van der Waals surface area contributed by atoms with Crippen molar-refractivity contribution in [2.45, 2.75) is 39.7 Å². The molecule has 96 valence electrons. The largest absolute Gasteiger partial charge is 0.469 e. The van der Waals surface area contributed by atoms with Gasteiger partial charge in [0.1, 0.15) is 5.76 Å². The van der Waals surface area contributed by atoms with Gasteiger partial charge in [-0.25, -0.2) is 0 Å². The molecule has 0 aromatic carbocycles. The van der Waals surface area contributed by atoms with Gasteiger partial charge in [-0.3, -0.25) is 4.79 Å². The van der Waals surface area contributed by atoms with E-state index in [-0.39, 0.29) is 12.5 Å². The van der Waals surface area contributed by atoms with Crippen LogP contribution in [0, 0.1) is 12.8 Å². The molecule has 0 saturated heterocycles. The Morgan fingerprint density at radius 1 is 1.59 bits per heavy atom. The van der Waals surface area contributed by atoms with Gasteiger partial charge in [0.15, 0.2) is 0 Å². The van der Waals surface area contributed by atoms with Gasteiger partial charge in [-0.15, -0.1) is 0 Å². The molecular formula is C13H21NO3. The summed E-state index contributed by atoms with van der Waals surface area (Å²) in [4.78, 5) is 11.8. The Balaban J connectivity index is 2.51. The van der Waals surface area contributed by atoms with E-state index >= 15 is 0 Å². The molecule has 0 aliphatic carbocycles. The Labute approximate surface area is 102 Å². The minimum absolute atomic E-state index is 0.208. The molecule has 1 aromatic rings. The van der Waals surface area contributed by atoms with Gasteiger partial charge in [0.2, 0.25) is 0 Å². The molecule has 1 unspecified atom stereocenters. The summed E-state index contributed by atoms with van der Waals surface area (Å²) < 4.78 is 5.06. The lowest BCUT2D eigenvalue weighted by molar-refractivity contribution is 0.0368. The Kier molecular flexibility index (Phi) is 4.34. The zero-order valence-electron chi connectivity index (χ0n) is 10.9. The van der Waals surface area contributed by atoms with Crippen LogP contribution >= 0.6 is 0 Å². The van der Waals surface area contributed by atoms with Crippen LogP contribution in [0.3, 0.4) is 0 Å². The summed E-state index contributed by atoms with van der Waals surface area (Å²) in [6.07, 6.45) is 2.13. The average Bonchev–Trinajstić information content (AvgIpc) is 2.59. The molecular weight excluding hydrogens is 218 g/mol. The Bertz CT molecular complexity index is 380. The predicted molar refractivity (Wildman–Crippen MR) is 65.9 cm³/mol. The first-order chi connectivity index (χ1) is 7.82. The number of carbonyl (C=O) groups is 1. The molecule has 2 N–H and O–H groups in total. The van der Waals surface area contributed by atoms with Crippen LogP contribution in [-0.2, 0) is 0 Å². The van der Waals surface area contributed by atoms with Crippen LogP contribution in [0.4, 0.5) is 0 Å². The van der Waals surface area contributed by atoms with Crippen LogP contribution in [0.25, 0.3) is 0 Å². The van der Waals surface area contributed by atoms with E-state index in [9.17, 15) is 9.90 Å². The highest BCUT2D eigenvalue weighted by Crippen LogP contribution is 2.15. The van der Waals surface area contributed by atoms with Crippen LogP contribution in [0.2, 0.25) is 0 Å². The molecule has 4 heteroatoms. The number of aryl methyl sites for hydroxylation is 1. The molecule has 0 saturated carbocycles. The second kappa shape index (κ2) is 5.36. The van der Waals surface area contributed by atoms with Gasteiger partial charge in [-0.1, -0.05) is 13.8 Å². The maximum Gasteiger partial charge on any atom is 0.254 e. The summed E-state index contributed by atoms with van der Waals surface area (Å²) in [5, 5.41) is 12.8. The van der Waals surface area contributed by atoms with Gasteiger partial charge in [0, 0.05) is 6.54 Å². The molecule has 1 heterocycles. The summed E-state index contributed by atoms with van der Waals surface area (Å²) in [6.45, 7) is 7.79. The van der Waals surface area contributed by atoms with E-state index in [1.807, 2.05) is 13.8 Å². The average molecular weight is 239 g/mol. The zero-order valence-corrected chi connectivity index (χ0v) is 10.9. The molecule has 0 bridgehead atoms. The number of hydrogen-bond acceptors (Lipinski definition) is 3. The number of rotatable bonds is 5. The molecule has 1 aromatic heterocycles. The van der Waals surface area contributed by atoms with E-state index in [2.05, 4.69) is 5.32 Å². The monoisotopic (exact) mass is 239 g/mol. The number of aliphatic hydroxyl groups is 1. The maximum absolute atomic E-state index is 11.8. The van der Waals surface area contributed by atoms with Crippen molar-refractivity contribution >= 4 is 5.91 Å². The molecule has 1 rings (SSSR count). The van der Waals surface area contributed by atoms with Crippen LogP contribution in [-0.4, -0.2) is 23.2 Å². The van der Waals surface area contributed by atoms with E-state index in [1.54, 1.807) is 19.9 Å². The van der Waals surface area contributed by atoms with Crippen molar-refractivity contribution in [2.24, 2.45) is 5.92 Å². The van der Waals surface area contributed by atoms with Crippen LogP contribution < -0.4 is 5.32 Å². The smallest absolute Gasteiger partial charge is 0.254 e. The molecule has 4 nitrogen and oxygen atoms in total. The van der Waals surface area contributed by atoms with E-state index in [0.717, 1.165) is 0 Å². The van der Waals surface area contributed by atoms with Crippen molar-refractivity contribution in [3.05, 3.63) is 23.7 Å². The number of nitrogens with one attached hydrogen (secondary N) is 1. The minimum atomic E-state index is -0.874. The number of amides is 1. The highest BCUT2D eigenvalue weighted by Gasteiger charge is 2.23. The van der Waals surface area contributed by atoms with E-state index in [0.29, 0.717) is 23.7 Å². The minimum Gasteiger partial charge on any atom is -0.469 e. The lowest BCUT2D eigenvalue weighted by Gasteiger charge is -2.25. The lowest BCUT2D eigenvalue weighted by atomic mass is 9.94. The maximum atomic E-state index is 11.8. The number of furan rings is 1. The first-order valence-electron chi connectivity index (χ1n) is 5.86. The quantitative estimate of drug-likeness (QED) is 0.827. The van der Waals surface area contributed by atoms with Crippen molar-refractivity contribution < 1.29 is 14.3 Å². The SMILES string of the molecule is Cc1occc1C(=O)NCC(C)(O)CC(C)C. The summed E-state index contributed by atoms with van der Waals surface area (Å²) in [7, 11) is 0. The Hall–Kier alpha value is -1.29. The van der Waals surface area contributed by atoms with Crippen LogP contribution in [0.1, 0.15) is 43.3 Å². The second-order valence-electron chi connectivity index (χ2n) is 5.17. The molecule has 1 atom stereocenters. The summed E-state index contributed by atoms with van der Waals surface area (Å²) in [5.41, 5.74) is -0.355. The summed E-state index contributed by atoms with van der Waals surface area (Å²) in [6, 6.07) is 1.63. The molecule has 0 spiro atoms. The van der Waals surface area contributed by atoms with Crippen LogP contribution in [0.15, 0.2) is 16.7 Å². The van der Waals surface area contributed by atoms with Gasteiger partial charge >= 0.3 is 0 Å². The lowest BCUT2D eigenvalue weighted by Crippen LogP contribution is -2.41. The third-order valence-electron chi connectivity index (χ3n) is 2.58. The fraction of sp³-hybridized carbons (Fsp3) is 0.615. The topological polar surface area (TPSA) is 62.5 Å². The molecule has 0 fully saturated rings. The Morgan fingerprint density at radius 2 is 2.24 bits per heavy atom. The normalized spacial score (nSPS) is 14.7. The molecule has 0 aliphatic rings. The van der Waals surface area contributed by atoms with Gasteiger partial charge in [0.25, 0.3) is 5.91 Å². The van der Waals surface area contributed by atoms with Gasteiger partial charge < -0.3 is 14.8 Å². The summed E-state index contributed by atoms with van der Waals surface area (Å²) >= 11 is 0. The van der Waals surface area contributed by atoms with E-state index in [1.165, 1.54) is 6.26 Å². The fourth-order valence-corrected chi connectivity index (χ4v) is 1.94. The van der Waals surface area contributed by atoms with Crippen molar-refractivity contribution in [1.29, 1.82) is 0 Å². The van der Waals surface area contributed by atoms with Crippen molar-refractivity contribution in [2.75, 3.05) is 6.54 Å². The van der Waals surface area contributed by atoms with Gasteiger partial charge in [0.05, 0.1) is 17.4 Å². The molecule has 0 radical (unpaired) electrons. The standard InChI is InChI=1S/C13H21NO3/c1-9(2)7-13(4,16)8-14-12(15)11-5-6-17-10(11)3/h5-6,9,16H,7-8H2,1-4H3,(H,14,15). The number of hydrogen-bond donors (Lipinski definition) is 2. The van der Waals surface area contributed by atoms with Gasteiger partial charge in [-0.2, -0.15) is 0 Å². The highest BCUT2D eigenvalue weighted by atomic mass is 16.3. The third-order valence-corrected chi connectivity index (χ3v) is 2.58. The summed E-state index contributed by atoms with van der Waals surface area (Å²) in [5.74, 6) is 0.767. The zero-order chi connectivity index (χ0) is 13.1. The van der Waals surface area contributed by atoms with Crippen molar-refractivity contribution in [1.82, 2.24) is 5.32 Å². The number of carbonyl (C=O) groups excluding carboxylic acids is 1. The third kappa shape index (κ3) is 4.23. The first-order valence-corrected chi connectivity index (χ1v) is 5.86. The van der Waals surface area contributed by atoms with Crippen molar-refractivity contribution in [3.63, 3.8) is 0 Å². The molecule has 17 heavy (non-hydrogen) atoms. The fourth-order valence-electron chi connectivity index (χ4n) is 1.94. The molecule has 0 aliphatic heterocycles. The van der Waals surface area contributed by atoms with Crippen molar-refractivity contribution in [3.8, 4) is 0 Å². The van der Waals surface area contributed by atoms with E-state index < -0.39 is 5.60 Å². The van der Waals surface area contributed by atoms with Gasteiger partial charge in [-0.05, 0) is 32.3 Å². The van der Waals surface area contributed by atoms with E-state index in [4.69, 9.17) is 4.42 Å². The highest BCUT2D eigenvalue weighted by molar-refractivity contribution is 5.95.